The van der Waals surface area contributed by atoms with E-state index < -0.39 is 0 Å². The summed E-state index contributed by atoms with van der Waals surface area (Å²) in [6.45, 7) is 4.31. The standard InChI is InChI=1S/C12H15N3O2/c1-8-11(9(2)17-13-8)7-14-5-6-15(12(14)16)10-3-4-10/h5-6,10H,3-4,7H2,1-2H3. The minimum absolute atomic E-state index is 0.0625. The Morgan fingerprint density at radius 3 is 2.76 bits per heavy atom. The molecule has 17 heavy (non-hydrogen) atoms. The summed E-state index contributed by atoms with van der Waals surface area (Å²) in [7, 11) is 0. The first-order valence-corrected chi connectivity index (χ1v) is 5.86. The van der Waals surface area contributed by atoms with Crippen LogP contribution in [0.5, 0.6) is 0 Å². The SMILES string of the molecule is Cc1noc(C)c1Cn1ccn(C2CC2)c1=O. The van der Waals surface area contributed by atoms with Gasteiger partial charge < -0.3 is 4.52 Å². The van der Waals surface area contributed by atoms with Gasteiger partial charge in [0.15, 0.2) is 0 Å². The van der Waals surface area contributed by atoms with Gasteiger partial charge in [0.05, 0.1) is 12.2 Å². The summed E-state index contributed by atoms with van der Waals surface area (Å²) in [5, 5.41) is 3.90. The van der Waals surface area contributed by atoms with Gasteiger partial charge in [-0.25, -0.2) is 4.79 Å². The predicted molar refractivity (Wildman–Crippen MR) is 62.0 cm³/mol. The predicted octanol–water partition coefficient (Wildman–Crippen LogP) is 1.64. The molecule has 0 spiro atoms. The van der Waals surface area contributed by atoms with Crippen molar-refractivity contribution in [3.05, 3.63) is 39.9 Å². The topological polar surface area (TPSA) is 53.0 Å². The van der Waals surface area contributed by atoms with Crippen molar-refractivity contribution in [3.8, 4) is 0 Å². The number of hydrogen-bond donors (Lipinski definition) is 0. The van der Waals surface area contributed by atoms with Gasteiger partial charge in [-0.3, -0.25) is 9.13 Å². The highest BCUT2D eigenvalue weighted by Gasteiger charge is 2.25. The van der Waals surface area contributed by atoms with E-state index in [-0.39, 0.29) is 5.69 Å². The van der Waals surface area contributed by atoms with Crippen LogP contribution in [0.2, 0.25) is 0 Å². The third kappa shape index (κ3) is 1.71. The fraction of sp³-hybridized carbons (Fsp3) is 0.500. The van der Waals surface area contributed by atoms with Crippen molar-refractivity contribution in [1.29, 1.82) is 0 Å². The van der Waals surface area contributed by atoms with Crippen LogP contribution in [0.1, 0.15) is 35.9 Å². The quantitative estimate of drug-likeness (QED) is 0.809. The van der Waals surface area contributed by atoms with Crippen LogP contribution in [-0.4, -0.2) is 14.3 Å². The Morgan fingerprint density at radius 1 is 1.41 bits per heavy atom. The molecule has 2 aromatic heterocycles. The van der Waals surface area contributed by atoms with Gasteiger partial charge >= 0.3 is 5.69 Å². The van der Waals surface area contributed by atoms with E-state index in [4.69, 9.17) is 4.52 Å². The smallest absolute Gasteiger partial charge is 0.328 e. The highest BCUT2D eigenvalue weighted by Crippen LogP contribution is 2.33. The molecule has 0 unspecified atom stereocenters. The molecule has 0 amide bonds. The van der Waals surface area contributed by atoms with E-state index in [2.05, 4.69) is 5.16 Å². The summed E-state index contributed by atoms with van der Waals surface area (Å²) in [4.78, 5) is 12.1. The molecule has 0 atom stereocenters. The number of imidazole rings is 1. The minimum atomic E-state index is 0.0625. The van der Waals surface area contributed by atoms with Crippen LogP contribution >= 0.6 is 0 Å². The third-order valence-corrected chi connectivity index (χ3v) is 3.32. The Kier molecular flexibility index (Phi) is 2.21. The molecule has 1 fully saturated rings. The Balaban J connectivity index is 1.93. The molecule has 5 nitrogen and oxygen atoms in total. The van der Waals surface area contributed by atoms with Crippen molar-refractivity contribution in [2.75, 3.05) is 0 Å². The normalized spacial score (nSPS) is 15.4. The van der Waals surface area contributed by atoms with E-state index in [1.807, 2.05) is 30.8 Å². The van der Waals surface area contributed by atoms with Crippen molar-refractivity contribution in [3.63, 3.8) is 0 Å². The summed E-state index contributed by atoms with van der Waals surface area (Å²) in [6, 6.07) is 0.424. The van der Waals surface area contributed by atoms with Crippen LogP contribution in [0.25, 0.3) is 0 Å². The maximum absolute atomic E-state index is 12.1. The van der Waals surface area contributed by atoms with Crippen LogP contribution in [-0.2, 0) is 6.54 Å². The number of aryl methyl sites for hydroxylation is 2. The zero-order valence-corrected chi connectivity index (χ0v) is 10.0. The maximum atomic E-state index is 12.1. The lowest BCUT2D eigenvalue weighted by Gasteiger charge is -2.01. The van der Waals surface area contributed by atoms with Crippen molar-refractivity contribution < 1.29 is 4.52 Å². The fourth-order valence-electron chi connectivity index (χ4n) is 2.08. The van der Waals surface area contributed by atoms with Gasteiger partial charge in [-0.1, -0.05) is 5.16 Å². The van der Waals surface area contributed by atoms with Gasteiger partial charge in [0.1, 0.15) is 5.76 Å². The molecule has 0 aliphatic heterocycles. The lowest BCUT2D eigenvalue weighted by molar-refractivity contribution is 0.392. The second-order valence-electron chi connectivity index (χ2n) is 4.65. The average Bonchev–Trinajstić information content (AvgIpc) is 3.02. The summed E-state index contributed by atoms with van der Waals surface area (Å²) in [6.07, 6.45) is 5.95. The largest absolute Gasteiger partial charge is 0.361 e. The number of nitrogens with zero attached hydrogens (tertiary/aromatic N) is 3. The number of aromatic nitrogens is 3. The van der Waals surface area contributed by atoms with Crippen molar-refractivity contribution in [2.24, 2.45) is 0 Å². The van der Waals surface area contributed by atoms with E-state index in [0.29, 0.717) is 12.6 Å². The zero-order chi connectivity index (χ0) is 12.0. The van der Waals surface area contributed by atoms with Gasteiger partial charge in [0, 0.05) is 24.0 Å². The Morgan fingerprint density at radius 2 is 2.18 bits per heavy atom. The van der Waals surface area contributed by atoms with Crippen LogP contribution in [0.3, 0.4) is 0 Å². The highest BCUT2D eigenvalue weighted by molar-refractivity contribution is 5.21. The van der Waals surface area contributed by atoms with Gasteiger partial charge in [-0.15, -0.1) is 0 Å². The molecule has 0 N–H and O–H groups in total. The molecule has 90 valence electrons. The van der Waals surface area contributed by atoms with E-state index in [9.17, 15) is 4.79 Å². The first-order valence-electron chi connectivity index (χ1n) is 5.86. The Hall–Kier alpha value is -1.78. The second-order valence-corrected chi connectivity index (χ2v) is 4.65. The van der Waals surface area contributed by atoms with Crippen molar-refractivity contribution in [2.45, 2.75) is 39.3 Å². The molecule has 1 aliphatic carbocycles. The average molecular weight is 233 g/mol. The molecule has 0 bridgehead atoms. The molecule has 2 heterocycles. The highest BCUT2D eigenvalue weighted by atomic mass is 16.5. The molecule has 5 heteroatoms. The van der Waals surface area contributed by atoms with Crippen LogP contribution in [0, 0.1) is 13.8 Å². The summed E-state index contributed by atoms with van der Waals surface area (Å²) >= 11 is 0. The summed E-state index contributed by atoms with van der Waals surface area (Å²) in [5.74, 6) is 0.786. The maximum Gasteiger partial charge on any atom is 0.328 e. The van der Waals surface area contributed by atoms with Crippen LogP contribution in [0.4, 0.5) is 0 Å². The first-order chi connectivity index (χ1) is 8.16. The van der Waals surface area contributed by atoms with Crippen molar-refractivity contribution >= 4 is 0 Å². The van der Waals surface area contributed by atoms with E-state index in [1.165, 1.54) is 0 Å². The van der Waals surface area contributed by atoms with Gasteiger partial charge in [-0.05, 0) is 26.7 Å². The number of rotatable bonds is 3. The molecule has 1 saturated carbocycles. The van der Waals surface area contributed by atoms with E-state index >= 15 is 0 Å². The monoisotopic (exact) mass is 233 g/mol. The van der Waals surface area contributed by atoms with E-state index in [1.54, 1.807) is 4.57 Å². The van der Waals surface area contributed by atoms with Gasteiger partial charge in [0.25, 0.3) is 0 Å². The fourth-order valence-corrected chi connectivity index (χ4v) is 2.08. The molecular formula is C12H15N3O2. The van der Waals surface area contributed by atoms with Gasteiger partial charge in [-0.2, -0.15) is 0 Å². The van der Waals surface area contributed by atoms with Gasteiger partial charge in [0.2, 0.25) is 0 Å². The second kappa shape index (κ2) is 3.61. The van der Waals surface area contributed by atoms with Crippen LogP contribution in [0.15, 0.2) is 21.7 Å². The minimum Gasteiger partial charge on any atom is -0.361 e. The molecule has 0 saturated heterocycles. The first kappa shape index (κ1) is 10.4. The summed E-state index contributed by atoms with van der Waals surface area (Å²) < 4.78 is 8.63. The molecule has 1 aliphatic rings. The van der Waals surface area contributed by atoms with Crippen molar-refractivity contribution in [1.82, 2.24) is 14.3 Å². The van der Waals surface area contributed by atoms with E-state index in [0.717, 1.165) is 29.9 Å². The zero-order valence-electron chi connectivity index (χ0n) is 10.0. The number of hydrogen-bond acceptors (Lipinski definition) is 3. The lowest BCUT2D eigenvalue weighted by Crippen LogP contribution is -2.24. The molecule has 0 radical (unpaired) electrons. The molecule has 0 aromatic carbocycles. The Bertz CT molecular complexity index is 582. The lowest BCUT2D eigenvalue weighted by atomic mass is 10.2. The molecule has 2 aromatic rings. The molecule has 3 rings (SSSR count). The molecular weight excluding hydrogens is 218 g/mol. The Labute approximate surface area is 98.6 Å². The van der Waals surface area contributed by atoms with Crippen LogP contribution < -0.4 is 5.69 Å². The third-order valence-electron chi connectivity index (χ3n) is 3.32. The summed E-state index contributed by atoms with van der Waals surface area (Å²) in [5.41, 5.74) is 1.92.